The third-order valence-corrected chi connectivity index (χ3v) is 5.27. The first-order valence-corrected chi connectivity index (χ1v) is 11.0. The van der Waals surface area contributed by atoms with Crippen molar-refractivity contribution in [1.29, 1.82) is 0 Å². The standard InChI is InChI=1S/C22H36N4O5/c1-17(2)18(16-27)25(3)14-8-4-6-10-19(28)23-24-20(29)11-7-5-9-15-26-21(30)12-13-22(26)31/h12-13,16-18H,4-11,14-15H2,1-3H3,(H,23,28)(H,24,29)/t18-/m1/s1. The lowest BCUT2D eigenvalue weighted by atomic mass is 10.0. The molecule has 0 radical (unpaired) electrons. The first-order valence-electron chi connectivity index (χ1n) is 11.0. The number of hydrogen-bond acceptors (Lipinski definition) is 6. The zero-order chi connectivity index (χ0) is 23.2. The molecule has 0 spiro atoms. The van der Waals surface area contributed by atoms with Crippen LogP contribution in [0.2, 0.25) is 0 Å². The molecule has 0 bridgehead atoms. The number of carbonyl (C=O) groups excluding carboxylic acids is 5. The van der Waals surface area contributed by atoms with Gasteiger partial charge in [-0.25, -0.2) is 0 Å². The summed E-state index contributed by atoms with van der Waals surface area (Å²) in [6.07, 6.45) is 8.52. The van der Waals surface area contributed by atoms with Gasteiger partial charge in [0.2, 0.25) is 11.8 Å². The zero-order valence-corrected chi connectivity index (χ0v) is 18.9. The Hall–Kier alpha value is -2.55. The van der Waals surface area contributed by atoms with Crippen LogP contribution in [0.5, 0.6) is 0 Å². The summed E-state index contributed by atoms with van der Waals surface area (Å²) in [4.78, 5) is 60.7. The summed E-state index contributed by atoms with van der Waals surface area (Å²) in [7, 11) is 1.93. The number of amides is 4. The van der Waals surface area contributed by atoms with Crippen LogP contribution in [0.1, 0.15) is 65.2 Å². The van der Waals surface area contributed by atoms with Crippen molar-refractivity contribution < 1.29 is 24.0 Å². The first kappa shape index (κ1) is 26.5. The Morgan fingerprint density at radius 3 is 1.94 bits per heavy atom. The summed E-state index contributed by atoms with van der Waals surface area (Å²) >= 11 is 0. The number of rotatable bonds is 15. The van der Waals surface area contributed by atoms with Crippen molar-refractivity contribution in [2.24, 2.45) is 5.92 Å². The lowest BCUT2D eigenvalue weighted by molar-refractivity contribution is -0.137. The number of nitrogens with zero attached hydrogens (tertiary/aromatic N) is 2. The van der Waals surface area contributed by atoms with E-state index in [2.05, 4.69) is 10.9 Å². The van der Waals surface area contributed by atoms with Gasteiger partial charge in [0.1, 0.15) is 6.29 Å². The van der Waals surface area contributed by atoms with E-state index in [0.717, 1.165) is 25.7 Å². The van der Waals surface area contributed by atoms with Crippen LogP contribution in [0, 0.1) is 5.92 Å². The summed E-state index contributed by atoms with van der Waals surface area (Å²) in [6.45, 7) is 5.19. The summed E-state index contributed by atoms with van der Waals surface area (Å²) in [5.41, 5.74) is 4.83. The second-order valence-corrected chi connectivity index (χ2v) is 8.23. The van der Waals surface area contributed by atoms with Crippen molar-refractivity contribution in [1.82, 2.24) is 20.7 Å². The Morgan fingerprint density at radius 2 is 1.45 bits per heavy atom. The van der Waals surface area contributed by atoms with Crippen LogP contribution >= 0.6 is 0 Å². The number of carbonyl (C=O) groups is 5. The molecule has 0 saturated heterocycles. The van der Waals surface area contributed by atoms with Crippen molar-refractivity contribution in [3.05, 3.63) is 12.2 Å². The lowest BCUT2D eigenvalue weighted by Gasteiger charge is -2.26. The maximum absolute atomic E-state index is 11.8. The largest absolute Gasteiger partial charge is 0.302 e. The minimum atomic E-state index is -0.293. The average molecular weight is 437 g/mol. The van der Waals surface area contributed by atoms with Crippen LogP contribution in [0.15, 0.2) is 12.2 Å². The quantitative estimate of drug-likeness (QED) is 0.173. The molecule has 0 saturated carbocycles. The summed E-state index contributed by atoms with van der Waals surface area (Å²) in [5, 5.41) is 0. The monoisotopic (exact) mass is 436 g/mol. The maximum Gasteiger partial charge on any atom is 0.253 e. The minimum Gasteiger partial charge on any atom is -0.302 e. The molecule has 174 valence electrons. The molecule has 0 aromatic rings. The van der Waals surface area contributed by atoms with Crippen LogP contribution in [-0.2, 0) is 24.0 Å². The van der Waals surface area contributed by atoms with Gasteiger partial charge in [0.25, 0.3) is 11.8 Å². The SMILES string of the molecule is CC(C)[C@@H](C=O)N(C)CCCCCC(=O)NNC(=O)CCCCCN1C(=O)C=CC1=O. The van der Waals surface area contributed by atoms with E-state index in [9.17, 15) is 24.0 Å². The molecule has 1 heterocycles. The van der Waals surface area contributed by atoms with Gasteiger partial charge in [-0.05, 0) is 45.2 Å². The molecule has 2 N–H and O–H groups in total. The number of likely N-dealkylation sites (N-methyl/N-ethyl adjacent to an activating group) is 1. The maximum atomic E-state index is 11.8. The molecular formula is C22H36N4O5. The summed E-state index contributed by atoms with van der Waals surface area (Å²) in [5.74, 6) is -0.809. The predicted octanol–water partition coefficient (Wildman–Crippen LogP) is 1.33. The van der Waals surface area contributed by atoms with Gasteiger partial charge in [0.15, 0.2) is 0 Å². The van der Waals surface area contributed by atoms with Gasteiger partial charge in [-0.2, -0.15) is 0 Å². The van der Waals surface area contributed by atoms with E-state index in [1.54, 1.807) is 0 Å². The van der Waals surface area contributed by atoms with Gasteiger partial charge in [-0.3, -0.25) is 39.8 Å². The van der Waals surface area contributed by atoms with Crippen molar-refractivity contribution >= 4 is 29.9 Å². The van der Waals surface area contributed by atoms with Crippen LogP contribution in [-0.4, -0.2) is 65.9 Å². The number of hydrogen-bond donors (Lipinski definition) is 2. The molecule has 0 aromatic heterocycles. The van der Waals surface area contributed by atoms with Crippen LogP contribution in [0.25, 0.3) is 0 Å². The normalized spacial score (nSPS) is 14.4. The fraction of sp³-hybridized carbons (Fsp3) is 0.682. The molecule has 1 rings (SSSR count). The highest BCUT2D eigenvalue weighted by atomic mass is 16.2. The number of unbranched alkanes of at least 4 members (excludes halogenated alkanes) is 4. The molecule has 4 amide bonds. The van der Waals surface area contributed by atoms with Crippen molar-refractivity contribution in [2.75, 3.05) is 20.1 Å². The van der Waals surface area contributed by atoms with Crippen LogP contribution < -0.4 is 10.9 Å². The molecule has 1 aliphatic heterocycles. The van der Waals surface area contributed by atoms with Gasteiger partial charge < -0.3 is 4.79 Å². The highest BCUT2D eigenvalue weighted by Crippen LogP contribution is 2.09. The summed E-state index contributed by atoms with van der Waals surface area (Å²) < 4.78 is 0. The topological polar surface area (TPSA) is 116 Å². The van der Waals surface area contributed by atoms with Crippen molar-refractivity contribution in [2.45, 2.75) is 71.3 Å². The average Bonchev–Trinajstić information content (AvgIpc) is 3.03. The van der Waals surface area contributed by atoms with E-state index in [-0.39, 0.29) is 42.0 Å². The van der Waals surface area contributed by atoms with E-state index < -0.39 is 0 Å². The molecule has 9 heteroatoms. The van der Waals surface area contributed by atoms with E-state index >= 15 is 0 Å². The van der Waals surface area contributed by atoms with Crippen LogP contribution in [0.4, 0.5) is 0 Å². The highest BCUT2D eigenvalue weighted by molar-refractivity contribution is 6.12. The Balaban J connectivity index is 2.01. The molecular weight excluding hydrogens is 400 g/mol. The smallest absolute Gasteiger partial charge is 0.253 e. The Morgan fingerprint density at radius 1 is 0.935 bits per heavy atom. The lowest BCUT2D eigenvalue weighted by Crippen LogP contribution is -2.41. The van der Waals surface area contributed by atoms with Crippen molar-refractivity contribution in [3.63, 3.8) is 0 Å². The fourth-order valence-corrected chi connectivity index (χ4v) is 3.39. The Bertz CT molecular complexity index is 644. The van der Waals surface area contributed by atoms with Crippen LogP contribution in [0.3, 0.4) is 0 Å². The minimum absolute atomic E-state index is 0.0827. The Kier molecular flexibility index (Phi) is 12.3. The fourth-order valence-electron chi connectivity index (χ4n) is 3.39. The van der Waals surface area contributed by atoms with E-state index in [1.807, 2.05) is 25.8 Å². The zero-order valence-electron chi connectivity index (χ0n) is 18.9. The number of nitrogens with one attached hydrogen (secondary N) is 2. The number of hydrazine groups is 1. The number of imide groups is 1. The molecule has 0 aliphatic carbocycles. The third-order valence-electron chi connectivity index (χ3n) is 5.27. The number of aldehydes is 1. The van der Waals surface area contributed by atoms with Gasteiger partial charge >= 0.3 is 0 Å². The third kappa shape index (κ3) is 10.3. The molecule has 0 unspecified atom stereocenters. The van der Waals surface area contributed by atoms with Gasteiger partial charge in [-0.15, -0.1) is 0 Å². The van der Waals surface area contributed by atoms with E-state index in [0.29, 0.717) is 38.6 Å². The second kappa shape index (κ2) is 14.5. The van der Waals surface area contributed by atoms with E-state index in [4.69, 9.17) is 0 Å². The van der Waals surface area contributed by atoms with Gasteiger partial charge in [0.05, 0.1) is 6.04 Å². The van der Waals surface area contributed by atoms with Crippen molar-refractivity contribution in [3.8, 4) is 0 Å². The predicted molar refractivity (Wildman–Crippen MR) is 116 cm³/mol. The molecule has 1 aliphatic rings. The highest BCUT2D eigenvalue weighted by Gasteiger charge is 2.22. The molecule has 0 fully saturated rings. The molecule has 9 nitrogen and oxygen atoms in total. The molecule has 31 heavy (non-hydrogen) atoms. The van der Waals surface area contributed by atoms with Gasteiger partial charge in [-0.1, -0.05) is 26.7 Å². The Labute approximate surface area is 184 Å². The first-order chi connectivity index (χ1) is 14.8. The molecule has 0 aromatic carbocycles. The summed E-state index contributed by atoms with van der Waals surface area (Å²) in [6, 6.07) is -0.0827. The van der Waals surface area contributed by atoms with Gasteiger partial charge in [0, 0.05) is 31.5 Å². The van der Waals surface area contributed by atoms with E-state index in [1.165, 1.54) is 17.1 Å². The second-order valence-electron chi connectivity index (χ2n) is 8.23. The molecule has 1 atom stereocenters.